The molecule has 1 aromatic rings. The Morgan fingerprint density at radius 3 is 2.67 bits per heavy atom. The van der Waals surface area contributed by atoms with E-state index in [0.717, 1.165) is 0 Å². The third kappa shape index (κ3) is 3.46. The van der Waals surface area contributed by atoms with Gasteiger partial charge >= 0.3 is 10.3 Å². The summed E-state index contributed by atoms with van der Waals surface area (Å²) in [5.74, 6) is -0.406. The molecule has 0 bridgehead atoms. The smallest absolute Gasteiger partial charge is 0.333 e. The highest BCUT2D eigenvalue weighted by molar-refractivity contribution is 7.84. The van der Waals surface area contributed by atoms with Gasteiger partial charge < -0.3 is 4.74 Å². The van der Waals surface area contributed by atoms with Crippen LogP contribution in [0.5, 0.6) is 5.75 Å². The van der Waals surface area contributed by atoms with E-state index in [1.54, 1.807) is 0 Å². The Bertz CT molecular complexity index is 446. The molecule has 0 saturated carbocycles. The molecular weight excluding hydrogens is 225 g/mol. The lowest BCUT2D eigenvalue weighted by Gasteiger charge is -2.08. The number of nitrogens with two attached hydrogens (primary N) is 1. The summed E-state index contributed by atoms with van der Waals surface area (Å²) in [6.45, 7) is -0.491. The Morgan fingerprint density at radius 2 is 2.13 bits per heavy atom. The largest absolute Gasteiger partial charge is 0.496 e. The molecule has 0 saturated heterocycles. The van der Waals surface area contributed by atoms with Crippen molar-refractivity contribution in [2.75, 3.05) is 7.11 Å². The minimum atomic E-state index is -4.09. The molecule has 0 atom stereocenters. The van der Waals surface area contributed by atoms with Crippen LogP contribution in [0.25, 0.3) is 0 Å². The summed E-state index contributed by atoms with van der Waals surface area (Å²) < 4.78 is 43.3. The van der Waals surface area contributed by atoms with Crippen molar-refractivity contribution in [2.45, 2.75) is 6.61 Å². The average molecular weight is 235 g/mol. The van der Waals surface area contributed by atoms with Crippen LogP contribution in [0.4, 0.5) is 4.39 Å². The van der Waals surface area contributed by atoms with Gasteiger partial charge in [-0.2, -0.15) is 8.42 Å². The molecular formula is C8H10FNO4S. The first-order chi connectivity index (χ1) is 6.94. The quantitative estimate of drug-likeness (QED) is 0.826. The summed E-state index contributed by atoms with van der Waals surface area (Å²) in [7, 11) is -2.74. The molecule has 0 aliphatic carbocycles. The molecule has 0 unspecified atom stereocenters. The predicted molar refractivity (Wildman–Crippen MR) is 50.8 cm³/mol. The molecule has 1 rings (SSSR count). The van der Waals surface area contributed by atoms with Crippen molar-refractivity contribution in [3.63, 3.8) is 0 Å². The number of hydrogen-bond acceptors (Lipinski definition) is 4. The van der Waals surface area contributed by atoms with E-state index in [9.17, 15) is 12.8 Å². The van der Waals surface area contributed by atoms with Crippen molar-refractivity contribution in [3.8, 4) is 5.75 Å². The number of rotatable bonds is 4. The fourth-order valence-corrected chi connectivity index (χ4v) is 1.29. The second-order valence-electron chi connectivity index (χ2n) is 2.68. The molecule has 0 aromatic heterocycles. The summed E-state index contributed by atoms with van der Waals surface area (Å²) >= 11 is 0. The lowest BCUT2D eigenvalue weighted by atomic mass is 10.2. The maximum atomic E-state index is 13.2. The zero-order chi connectivity index (χ0) is 11.5. The Hall–Kier alpha value is -1.18. The highest BCUT2D eigenvalue weighted by atomic mass is 32.2. The zero-order valence-electron chi connectivity index (χ0n) is 7.94. The van der Waals surface area contributed by atoms with E-state index in [1.807, 2.05) is 0 Å². The van der Waals surface area contributed by atoms with Crippen molar-refractivity contribution in [3.05, 3.63) is 29.6 Å². The van der Waals surface area contributed by atoms with Crippen LogP contribution in [0.3, 0.4) is 0 Å². The number of methoxy groups -OCH3 is 1. The molecule has 0 spiro atoms. The van der Waals surface area contributed by atoms with Crippen LogP contribution in [0.15, 0.2) is 18.2 Å². The Balaban J connectivity index is 2.93. The summed E-state index contributed by atoms with van der Waals surface area (Å²) in [6, 6.07) is 4.10. The van der Waals surface area contributed by atoms with Gasteiger partial charge in [0.25, 0.3) is 0 Å². The van der Waals surface area contributed by atoms with E-state index in [0.29, 0.717) is 0 Å². The molecule has 0 aliphatic rings. The highest BCUT2D eigenvalue weighted by Gasteiger charge is 2.12. The van der Waals surface area contributed by atoms with Crippen molar-refractivity contribution in [2.24, 2.45) is 5.14 Å². The first-order valence-electron chi connectivity index (χ1n) is 3.92. The summed E-state index contributed by atoms with van der Waals surface area (Å²) in [4.78, 5) is 0. The van der Waals surface area contributed by atoms with Gasteiger partial charge in [-0.3, -0.25) is 4.18 Å². The van der Waals surface area contributed by atoms with Gasteiger partial charge in [-0.25, -0.2) is 9.53 Å². The number of hydrogen-bond donors (Lipinski definition) is 1. The minimum Gasteiger partial charge on any atom is -0.496 e. The third-order valence-corrected chi connectivity index (χ3v) is 2.11. The van der Waals surface area contributed by atoms with E-state index in [1.165, 1.54) is 25.3 Å². The van der Waals surface area contributed by atoms with Gasteiger partial charge in [0.05, 0.1) is 19.3 Å². The summed E-state index contributed by atoms with van der Waals surface area (Å²) in [6.07, 6.45) is 0. The topological polar surface area (TPSA) is 78.6 Å². The number of ether oxygens (including phenoxy) is 1. The van der Waals surface area contributed by atoms with Crippen molar-refractivity contribution in [1.29, 1.82) is 0 Å². The minimum absolute atomic E-state index is 0.00836. The molecule has 1 aromatic carbocycles. The summed E-state index contributed by atoms with van der Waals surface area (Å²) in [5.41, 5.74) is 0.00836. The van der Waals surface area contributed by atoms with E-state index >= 15 is 0 Å². The van der Waals surface area contributed by atoms with Crippen LogP contribution in [0.2, 0.25) is 0 Å². The second-order valence-corrected chi connectivity index (χ2v) is 3.90. The van der Waals surface area contributed by atoms with Gasteiger partial charge in [0.15, 0.2) is 0 Å². The SMILES string of the molecule is COc1cccc(F)c1COS(N)(=O)=O. The van der Waals surface area contributed by atoms with Gasteiger partial charge in [0.1, 0.15) is 11.6 Å². The van der Waals surface area contributed by atoms with E-state index in [2.05, 4.69) is 9.32 Å². The van der Waals surface area contributed by atoms with Crippen molar-refractivity contribution in [1.82, 2.24) is 0 Å². The van der Waals surface area contributed by atoms with Gasteiger partial charge in [-0.1, -0.05) is 6.07 Å². The van der Waals surface area contributed by atoms with Crippen LogP contribution in [-0.2, 0) is 21.1 Å². The van der Waals surface area contributed by atoms with E-state index in [-0.39, 0.29) is 11.3 Å². The van der Waals surface area contributed by atoms with Crippen molar-refractivity contribution < 1.29 is 21.7 Å². The fourth-order valence-electron chi connectivity index (χ4n) is 1.01. The lowest BCUT2D eigenvalue weighted by molar-refractivity contribution is 0.293. The Morgan fingerprint density at radius 1 is 1.47 bits per heavy atom. The van der Waals surface area contributed by atoms with Gasteiger partial charge in [0.2, 0.25) is 0 Å². The molecule has 2 N–H and O–H groups in total. The lowest BCUT2D eigenvalue weighted by Crippen LogP contribution is -2.16. The van der Waals surface area contributed by atoms with E-state index < -0.39 is 22.7 Å². The number of benzene rings is 1. The monoisotopic (exact) mass is 235 g/mol. The van der Waals surface area contributed by atoms with Crippen LogP contribution in [0, 0.1) is 5.82 Å². The molecule has 0 heterocycles. The summed E-state index contributed by atoms with van der Waals surface area (Å²) in [5, 5.41) is 4.61. The van der Waals surface area contributed by atoms with E-state index in [4.69, 9.17) is 4.74 Å². The van der Waals surface area contributed by atoms with Gasteiger partial charge in [-0.05, 0) is 12.1 Å². The Labute approximate surface area is 86.9 Å². The molecule has 0 amide bonds. The Kier molecular flexibility index (Phi) is 3.61. The molecule has 0 fully saturated rings. The first kappa shape index (κ1) is 11.9. The number of halogens is 1. The standard InChI is InChI=1S/C8H10FNO4S/c1-13-8-4-2-3-7(9)6(8)5-14-15(10,11)12/h2-4H,5H2,1H3,(H2,10,11,12). The zero-order valence-corrected chi connectivity index (χ0v) is 8.75. The van der Waals surface area contributed by atoms with Gasteiger partial charge in [-0.15, -0.1) is 0 Å². The third-order valence-electron chi connectivity index (χ3n) is 1.66. The second kappa shape index (κ2) is 4.56. The maximum Gasteiger partial charge on any atom is 0.333 e. The average Bonchev–Trinajstić information content (AvgIpc) is 2.14. The van der Waals surface area contributed by atoms with Crippen molar-refractivity contribution >= 4 is 10.3 Å². The molecule has 5 nitrogen and oxygen atoms in total. The molecule has 84 valence electrons. The first-order valence-corrected chi connectivity index (χ1v) is 5.39. The van der Waals surface area contributed by atoms with Gasteiger partial charge in [0, 0.05) is 0 Å². The highest BCUT2D eigenvalue weighted by Crippen LogP contribution is 2.22. The van der Waals surface area contributed by atoms with Crippen LogP contribution in [0.1, 0.15) is 5.56 Å². The van der Waals surface area contributed by atoms with Crippen LogP contribution < -0.4 is 9.88 Å². The normalized spacial score (nSPS) is 11.4. The molecule has 15 heavy (non-hydrogen) atoms. The molecule has 0 radical (unpaired) electrons. The maximum absolute atomic E-state index is 13.2. The molecule has 7 heteroatoms. The fraction of sp³-hybridized carbons (Fsp3) is 0.250. The van der Waals surface area contributed by atoms with Crippen LogP contribution >= 0.6 is 0 Å². The predicted octanol–water partition coefficient (Wildman–Crippen LogP) is 0.554. The van der Waals surface area contributed by atoms with Crippen LogP contribution in [-0.4, -0.2) is 15.5 Å². The molecule has 0 aliphatic heterocycles.